The van der Waals surface area contributed by atoms with Crippen LogP contribution in [0.4, 0.5) is 0 Å². The minimum absolute atomic E-state index is 0.0541. The molecular weight excluding hydrogens is 372 g/mol. The summed E-state index contributed by atoms with van der Waals surface area (Å²) < 4.78 is 10.5. The van der Waals surface area contributed by atoms with E-state index in [0.29, 0.717) is 22.0 Å². The van der Waals surface area contributed by atoms with E-state index in [1.807, 2.05) is 53.9 Å². The van der Waals surface area contributed by atoms with Gasteiger partial charge in [0.15, 0.2) is 5.58 Å². The highest BCUT2D eigenvalue weighted by Crippen LogP contribution is 2.30. The number of fused-ring (bicyclic) bond motifs is 1. The van der Waals surface area contributed by atoms with Gasteiger partial charge in [0.1, 0.15) is 17.3 Å². The van der Waals surface area contributed by atoms with Crippen molar-refractivity contribution in [1.29, 1.82) is 0 Å². The summed E-state index contributed by atoms with van der Waals surface area (Å²) in [6.07, 6.45) is 0.0541. The van der Waals surface area contributed by atoms with Gasteiger partial charge in [0.2, 0.25) is 0 Å². The second kappa shape index (κ2) is 7.27. The normalized spacial score (nSPS) is 11.0. The van der Waals surface area contributed by atoms with E-state index in [1.54, 1.807) is 0 Å². The number of esters is 1. The fourth-order valence-corrected chi connectivity index (χ4v) is 3.66. The Balaban J connectivity index is 1.40. The molecule has 0 radical (unpaired) electrons. The number of rotatable bonds is 5. The molecule has 2 aromatic carbocycles. The first kappa shape index (κ1) is 16.8. The van der Waals surface area contributed by atoms with Crippen LogP contribution in [0.3, 0.4) is 0 Å². The van der Waals surface area contributed by atoms with Crippen molar-refractivity contribution in [2.45, 2.75) is 13.0 Å². The number of carbonyl (C=O) groups excluding carboxylic acids is 1. The predicted molar refractivity (Wildman–Crippen MR) is 100 cm³/mol. The van der Waals surface area contributed by atoms with Gasteiger partial charge in [-0.2, -0.15) is 0 Å². The van der Waals surface area contributed by atoms with Crippen LogP contribution >= 0.6 is 22.9 Å². The van der Waals surface area contributed by atoms with Crippen molar-refractivity contribution in [3.8, 4) is 10.6 Å². The molecule has 5 nitrogen and oxygen atoms in total. The van der Waals surface area contributed by atoms with Gasteiger partial charge < -0.3 is 9.26 Å². The molecule has 0 N–H and O–H groups in total. The molecule has 0 aliphatic carbocycles. The highest BCUT2D eigenvalue weighted by atomic mass is 35.5. The number of nitrogens with zero attached hydrogens (tertiary/aromatic N) is 2. The van der Waals surface area contributed by atoms with Gasteiger partial charge in [-0.1, -0.05) is 47.1 Å². The van der Waals surface area contributed by atoms with Gasteiger partial charge >= 0.3 is 5.97 Å². The van der Waals surface area contributed by atoms with E-state index < -0.39 is 0 Å². The van der Waals surface area contributed by atoms with Gasteiger partial charge in [0.05, 0.1) is 17.1 Å². The molecule has 2 aromatic heterocycles. The second-order valence-electron chi connectivity index (χ2n) is 5.59. The van der Waals surface area contributed by atoms with Crippen LogP contribution in [0, 0.1) is 0 Å². The first-order chi connectivity index (χ1) is 12.7. The summed E-state index contributed by atoms with van der Waals surface area (Å²) >= 11 is 7.65. The molecule has 130 valence electrons. The zero-order valence-corrected chi connectivity index (χ0v) is 15.1. The van der Waals surface area contributed by atoms with Crippen LogP contribution in [0.25, 0.3) is 21.5 Å². The average Bonchev–Trinajstić information content (AvgIpc) is 3.28. The number of para-hydroxylation sites is 1. The Morgan fingerprint density at radius 2 is 1.96 bits per heavy atom. The number of hydrogen-bond acceptors (Lipinski definition) is 6. The van der Waals surface area contributed by atoms with E-state index in [4.69, 9.17) is 20.9 Å². The van der Waals surface area contributed by atoms with Crippen LogP contribution in [0.2, 0.25) is 5.02 Å². The smallest absolute Gasteiger partial charge is 0.312 e. The molecule has 0 amide bonds. The maximum Gasteiger partial charge on any atom is 0.312 e. The molecule has 0 saturated heterocycles. The van der Waals surface area contributed by atoms with Crippen molar-refractivity contribution >= 4 is 39.9 Å². The summed E-state index contributed by atoms with van der Waals surface area (Å²) in [5.41, 5.74) is 2.77. The van der Waals surface area contributed by atoms with Crippen LogP contribution in [0.5, 0.6) is 0 Å². The summed E-state index contributed by atoms with van der Waals surface area (Å²) in [5, 5.41) is 8.05. The summed E-state index contributed by atoms with van der Waals surface area (Å²) in [4.78, 5) is 16.6. The fourth-order valence-electron chi connectivity index (χ4n) is 2.54. The van der Waals surface area contributed by atoms with Crippen molar-refractivity contribution in [2.75, 3.05) is 0 Å². The summed E-state index contributed by atoms with van der Waals surface area (Å²) in [6, 6.07) is 14.9. The quantitative estimate of drug-likeness (QED) is 0.458. The summed E-state index contributed by atoms with van der Waals surface area (Å²) in [7, 11) is 0. The van der Waals surface area contributed by atoms with Crippen LogP contribution in [-0.2, 0) is 22.6 Å². The summed E-state index contributed by atoms with van der Waals surface area (Å²) in [6.45, 7) is 0.107. The third-order valence-corrected chi connectivity index (χ3v) is 5.05. The first-order valence-corrected chi connectivity index (χ1v) is 9.14. The molecule has 0 fully saturated rings. The topological polar surface area (TPSA) is 65.2 Å². The van der Waals surface area contributed by atoms with E-state index in [9.17, 15) is 4.79 Å². The molecule has 0 unspecified atom stereocenters. The maximum absolute atomic E-state index is 12.1. The number of carbonyl (C=O) groups is 1. The molecule has 2 heterocycles. The number of aromatic nitrogens is 2. The van der Waals surface area contributed by atoms with E-state index in [-0.39, 0.29) is 19.0 Å². The zero-order chi connectivity index (χ0) is 17.9. The van der Waals surface area contributed by atoms with Crippen LogP contribution in [-0.4, -0.2) is 16.1 Å². The van der Waals surface area contributed by atoms with E-state index in [0.717, 1.165) is 16.0 Å². The standard InChI is InChI=1S/C19H13ClN2O3S/c20-15-7-3-1-5-13(15)19-21-12(11-26-19)10-24-18(23)9-16-14-6-2-4-8-17(14)25-22-16/h1-8,11H,9-10H2. The lowest BCUT2D eigenvalue weighted by atomic mass is 10.2. The zero-order valence-electron chi connectivity index (χ0n) is 13.5. The minimum atomic E-state index is -0.378. The lowest BCUT2D eigenvalue weighted by Crippen LogP contribution is -2.08. The third-order valence-electron chi connectivity index (χ3n) is 3.80. The first-order valence-electron chi connectivity index (χ1n) is 7.89. The van der Waals surface area contributed by atoms with Crippen molar-refractivity contribution in [3.05, 3.63) is 70.3 Å². The minimum Gasteiger partial charge on any atom is -0.459 e. The van der Waals surface area contributed by atoms with Crippen LogP contribution in [0.1, 0.15) is 11.4 Å². The molecule has 7 heteroatoms. The fraction of sp³-hybridized carbons (Fsp3) is 0.105. The molecule has 0 atom stereocenters. The molecule has 4 aromatic rings. The number of halogens is 1. The molecule has 26 heavy (non-hydrogen) atoms. The third kappa shape index (κ3) is 3.47. The number of benzene rings is 2. The van der Waals surface area contributed by atoms with Crippen molar-refractivity contribution in [3.63, 3.8) is 0 Å². The Hall–Kier alpha value is -2.70. The second-order valence-corrected chi connectivity index (χ2v) is 6.85. The predicted octanol–water partition coefficient (Wildman–Crippen LogP) is 4.89. The Morgan fingerprint density at radius 1 is 1.15 bits per heavy atom. The van der Waals surface area contributed by atoms with Gasteiger partial charge in [0, 0.05) is 16.3 Å². The van der Waals surface area contributed by atoms with Gasteiger partial charge in [0.25, 0.3) is 0 Å². The molecular formula is C19H13ClN2O3S. The van der Waals surface area contributed by atoms with Gasteiger partial charge in [-0.15, -0.1) is 11.3 Å². The lowest BCUT2D eigenvalue weighted by Gasteiger charge is -2.01. The van der Waals surface area contributed by atoms with E-state index in [1.165, 1.54) is 11.3 Å². The molecule has 0 aliphatic heterocycles. The van der Waals surface area contributed by atoms with Gasteiger partial charge in [-0.25, -0.2) is 4.98 Å². The van der Waals surface area contributed by atoms with E-state index >= 15 is 0 Å². The highest BCUT2D eigenvalue weighted by molar-refractivity contribution is 7.13. The van der Waals surface area contributed by atoms with Gasteiger partial charge in [-0.3, -0.25) is 4.79 Å². The van der Waals surface area contributed by atoms with Crippen molar-refractivity contribution in [1.82, 2.24) is 10.1 Å². The van der Waals surface area contributed by atoms with E-state index in [2.05, 4.69) is 10.1 Å². The lowest BCUT2D eigenvalue weighted by molar-refractivity contribution is -0.144. The largest absolute Gasteiger partial charge is 0.459 e. The number of thiazole rings is 1. The Labute approximate surface area is 158 Å². The van der Waals surface area contributed by atoms with Gasteiger partial charge in [-0.05, 0) is 18.2 Å². The van der Waals surface area contributed by atoms with Crippen LogP contribution < -0.4 is 0 Å². The SMILES string of the molecule is O=C(Cc1noc2ccccc12)OCc1csc(-c2ccccc2Cl)n1. The Bertz CT molecular complexity index is 1070. The number of hydrogen-bond donors (Lipinski definition) is 0. The molecule has 0 aliphatic rings. The monoisotopic (exact) mass is 384 g/mol. The number of ether oxygens (including phenoxy) is 1. The summed E-state index contributed by atoms with van der Waals surface area (Å²) in [5.74, 6) is -0.378. The average molecular weight is 385 g/mol. The Kier molecular flexibility index (Phi) is 4.69. The Morgan fingerprint density at radius 3 is 2.85 bits per heavy atom. The van der Waals surface area contributed by atoms with Crippen molar-refractivity contribution in [2.24, 2.45) is 0 Å². The highest BCUT2D eigenvalue weighted by Gasteiger charge is 2.14. The maximum atomic E-state index is 12.1. The molecule has 0 bridgehead atoms. The van der Waals surface area contributed by atoms with Crippen LogP contribution in [0.15, 0.2) is 58.4 Å². The molecule has 0 spiro atoms. The molecule has 0 saturated carbocycles. The van der Waals surface area contributed by atoms with Crippen molar-refractivity contribution < 1.29 is 14.1 Å². The molecule has 4 rings (SSSR count).